The van der Waals surface area contributed by atoms with Crippen molar-refractivity contribution in [2.24, 2.45) is 4.99 Å². The molecule has 7 heteroatoms. The van der Waals surface area contributed by atoms with Gasteiger partial charge in [0.2, 0.25) is 6.79 Å². The van der Waals surface area contributed by atoms with Crippen LogP contribution in [0.5, 0.6) is 17.2 Å². The van der Waals surface area contributed by atoms with Gasteiger partial charge in [-0.15, -0.1) is 24.0 Å². The lowest BCUT2D eigenvalue weighted by molar-refractivity contribution is 0.174. The molecule has 0 saturated heterocycles. The van der Waals surface area contributed by atoms with E-state index in [0.717, 1.165) is 35.3 Å². The third kappa shape index (κ3) is 5.41. The highest BCUT2D eigenvalue weighted by atomic mass is 127. The molecule has 1 unspecified atom stereocenters. The van der Waals surface area contributed by atoms with Crippen molar-refractivity contribution in [3.05, 3.63) is 53.6 Å². The fraction of sp³-hybridized carbons (Fsp3) is 0.350. The normalized spacial score (nSPS) is 13.5. The maximum absolute atomic E-state index is 5.45. The van der Waals surface area contributed by atoms with E-state index in [-0.39, 0.29) is 36.7 Å². The summed E-state index contributed by atoms with van der Waals surface area (Å²) in [5.74, 6) is 3.53. The number of guanidine groups is 1. The van der Waals surface area contributed by atoms with Gasteiger partial charge in [0.1, 0.15) is 5.75 Å². The van der Waals surface area contributed by atoms with Crippen LogP contribution in [0.25, 0.3) is 0 Å². The van der Waals surface area contributed by atoms with Crippen LogP contribution in [0.4, 0.5) is 0 Å². The predicted molar refractivity (Wildman–Crippen MR) is 118 cm³/mol. The lowest BCUT2D eigenvalue weighted by Crippen LogP contribution is -2.38. The van der Waals surface area contributed by atoms with Gasteiger partial charge < -0.3 is 24.8 Å². The standard InChI is InChI=1S/C20H25N3O3.HI/c1-14(16-6-4-5-7-17(16)24-3)11-22-20(21-2)23-12-15-8-9-18-19(10-15)26-13-25-18;/h4-10,14H,11-13H2,1-3H3,(H2,21,22,23);1H. The second kappa shape index (κ2) is 10.2. The van der Waals surface area contributed by atoms with Crippen molar-refractivity contribution in [3.63, 3.8) is 0 Å². The van der Waals surface area contributed by atoms with Gasteiger partial charge in [-0.05, 0) is 29.3 Å². The summed E-state index contributed by atoms with van der Waals surface area (Å²) in [6.07, 6.45) is 0. The molecule has 0 aromatic heterocycles. The Kier molecular flexibility index (Phi) is 8.02. The highest BCUT2D eigenvalue weighted by Crippen LogP contribution is 2.32. The molecule has 2 N–H and O–H groups in total. The van der Waals surface area contributed by atoms with E-state index in [1.807, 2.05) is 36.4 Å². The molecule has 27 heavy (non-hydrogen) atoms. The van der Waals surface area contributed by atoms with Crippen LogP contribution >= 0.6 is 24.0 Å². The minimum atomic E-state index is 0. The molecule has 2 aromatic rings. The second-order valence-corrected chi connectivity index (χ2v) is 6.14. The summed E-state index contributed by atoms with van der Waals surface area (Å²) in [6.45, 7) is 3.85. The Morgan fingerprint density at radius 3 is 2.70 bits per heavy atom. The van der Waals surface area contributed by atoms with Gasteiger partial charge in [-0.1, -0.05) is 31.2 Å². The number of rotatable bonds is 6. The monoisotopic (exact) mass is 483 g/mol. The van der Waals surface area contributed by atoms with E-state index in [4.69, 9.17) is 14.2 Å². The van der Waals surface area contributed by atoms with Crippen molar-refractivity contribution in [2.45, 2.75) is 19.4 Å². The number of para-hydroxylation sites is 1. The summed E-state index contributed by atoms with van der Waals surface area (Å²) in [7, 11) is 3.47. The van der Waals surface area contributed by atoms with Gasteiger partial charge in [0.25, 0.3) is 0 Å². The van der Waals surface area contributed by atoms with Gasteiger partial charge in [-0.3, -0.25) is 4.99 Å². The van der Waals surface area contributed by atoms with Crippen LogP contribution in [0, 0.1) is 0 Å². The molecule has 146 valence electrons. The number of halogens is 1. The zero-order valence-corrected chi connectivity index (χ0v) is 18.2. The van der Waals surface area contributed by atoms with Gasteiger partial charge in [0, 0.05) is 26.1 Å². The SMILES string of the molecule is CN=C(NCc1ccc2c(c1)OCO2)NCC(C)c1ccccc1OC.I. The summed E-state index contributed by atoms with van der Waals surface area (Å²) in [6, 6.07) is 14.0. The molecule has 6 nitrogen and oxygen atoms in total. The Hall–Kier alpha value is -2.16. The zero-order chi connectivity index (χ0) is 18.4. The third-order valence-electron chi connectivity index (χ3n) is 4.37. The first-order valence-corrected chi connectivity index (χ1v) is 8.67. The second-order valence-electron chi connectivity index (χ2n) is 6.14. The number of hydrogen-bond donors (Lipinski definition) is 2. The number of fused-ring (bicyclic) bond motifs is 1. The van der Waals surface area contributed by atoms with Crippen molar-refractivity contribution in [2.75, 3.05) is 27.5 Å². The topological polar surface area (TPSA) is 64.1 Å². The predicted octanol–water partition coefficient (Wildman–Crippen LogP) is 3.51. The van der Waals surface area contributed by atoms with Gasteiger partial charge >= 0.3 is 0 Å². The molecule has 1 heterocycles. The maximum atomic E-state index is 5.45. The Bertz CT molecular complexity index is 783. The Labute approximate surface area is 177 Å². The number of benzene rings is 2. The Balaban J connectivity index is 0.00000261. The first-order valence-electron chi connectivity index (χ1n) is 8.67. The van der Waals surface area contributed by atoms with E-state index in [0.29, 0.717) is 6.54 Å². The number of methoxy groups -OCH3 is 1. The number of nitrogens with zero attached hydrogens (tertiary/aromatic N) is 1. The average molecular weight is 483 g/mol. The molecule has 0 spiro atoms. The highest BCUT2D eigenvalue weighted by Gasteiger charge is 2.14. The maximum Gasteiger partial charge on any atom is 0.231 e. The van der Waals surface area contributed by atoms with Crippen LogP contribution in [-0.4, -0.2) is 33.5 Å². The van der Waals surface area contributed by atoms with Gasteiger partial charge in [0.05, 0.1) is 7.11 Å². The average Bonchev–Trinajstić information content (AvgIpc) is 3.15. The zero-order valence-electron chi connectivity index (χ0n) is 15.8. The van der Waals surface area contributed by atoms with Crippen molar-refractivity contribution >= 4 is 29.9 Å². The highest BCUT2D eigenvalue weighted by molar-refractivity contribution is 14.0. The van der Waals surface area contributed by atoms with Crippen molar-refractivity contribution in [1.82, 2.24) is 10.6 Å². The molecule has 0 bridgehead atoms. The van der Waals surface area contributed by atoms with E-state index >= 15 is 0 Å². The summed E-state index contributed by atoms with van der Waals surface area (Å²) >= 11 is 0. The van der Waals surface area contributed by atoms with Crippen LogP contribution in [0.1, 0.15) is 24.0 Å². The molecule has 2 aromatic carbocycles. The molecule has 0 aliphatic carbocycles. The molecule has 3 rings (SSSR count). The first-order chi connectivity index (χ1) is 12.7. The van der Waals surface area contributed by atoms with Gasteiger partial charge in [0.15, 0.2) is 17.5 Å². The number of aliphatic imine (C=N–C) groups is 1. The van der Waals surface area contributed by atoms with Crippen LogP contribution in [0.2, 0.25) is 0 Å². The minimum Gasteiger partial charge on any atom is -0.496 e. The van der Waals surface area contributed by atoms with Crippen molar-refractivity contribution in [3.8, 4) is 17.2 Å². The first kappa shape index (κ1) is 21.1. The molecule has 0 saturated carbocycles. The molecular weight excluding hydrogens is 457 g/mol. The molecule has 0 radical (unpaired) electrons. The summed E-state index contributed by atoms with van der Waals surface area (Å²) in [4.78, 5) is 4.29. The fourth-order valence-electron chi connectivity index (χ4n) is 2.89. The van der Waals surface area contributed by atoms with E-state index in [1.165, 1.54) is 5.56 Å². The van der Waals surface area contributed by atoms with E-state index in [9.17, 15) is 0 Å². The van der Waals surface area contributed by atoms with Crippen LogP contribution < -0.4 is 24.8 Å². The lowest BCUT2D eigenvalue weighted by atomic mass is 10.0. The molecule has 1 atom stereocenters. The quantitative estimate of drug-likeness (QED) is 0.374. The molecule has 0 fully saturated rings. The smallest absolute Gasteiger partial charge is 0.231 e. The van der Waals surface area contributed by atoms with Crippen LogP contribution in [0.15, 0.2) is 47.5 Å². The van der Waals surface area contributed by atoms with Crippen LogP contribution in [0.3, 0.4) is 0 Å². The number of nitrogens with one attached hydrogen (secondary N) is 2. The lowest BCUT2D eigenvalue weighted by Gasteiger charge is -2.18. The fourth-order valence-corrected chi connectivity index (χ4v) is 2.89. The number of hydrogen-bond acceptors (Lipinski definition) is 4. The molecule has 0 amide bonds. The third-order valence-corrected chi connectivity index (χ3v) is 4.37. The van der Waals surface area contributed by atoms with Crippen molar-refractivity contribution < 1.29 is 14.2 Å². The summed E-state index contributed by atoms with van der Waals surface area (Å²) in [5, 5.41) is 6.69. The molecule has 1 aliphatic heterocycles. The van der Waals surface area contributed by atoms with Crippen LogP contribution in [-0.2, 0) is 6.54 Å². The Morgan fingerprint density at radius 1 is 1.15 bits per heavy atom. The van der Waals surface area contributed by atoms with E-state index in [2.05, 4.69) is 28.6 Å². The van der Waals surface area contributed by atoms with Gasteiger partial charge in [-0.25, -0.2) is 0 Å². The van der Waals surface area contributed by atoms with Crippen molar-refractivity contribution in [1.29, 1.82) is 0 Å². The summed E-state index contributed by atoms with van der Waals surface area (Å²) in [5.41, 5.74) is 2.28. The van der Waals surface area contributed by atoms with E-state index in [1.54, 1.807) is 14.2 Å². The van der Waals surface area contributed by atoms with Gasteiger partial charge in [-0.2, -0.15) is 0 Å². The largest absolute Gasteiger partial charge is 0.496 e. The molecular formula is C20H26IN3O3. The van der Waals surface area contributed by atoms with E-state index < -0.39 is 0 Å². The Morgan fingerprint density at radius 2 is 1.93 bits per heavy atom. The molecule has 1 aliphatic rings. The number of ether oxygens (including phenoxy) is 3. The summed E-state index contributed by atoms with van der Waals surface area (Å²) < 4.78 is 16.2. The minimum absolute atomic E-state index is 0.